The molecule has 0 rings (SSSR count). The Morgan fingerprint density at radius 2 is 1.79 bits per heavy atom. The molecule has 14 heavy (non-hydrogen) atoms. The number of aliphatic hydroxyl groups is 3. The van der Waals surface area contributed by atoms with E-state index in [1.54, 1.807) is 0 Å². The summed E-state index contributed by atoms with van der Waals surface area (Å²) in [6, 6.07) is 0. The highest BCUT2D eigenvalue weighted by molar-refractivity contribution is 7.88. The van der Waals surface area contributed by atoms with Crippen molar-refractivity contribution in [2.24, 2.45) is 0 Å². The molecule has 0 amide bonds. The minimum absolute atomic E-state index is 0.178. The second-order valence-corrected chi connectivity index (χ2v) is 4.74. The molecule has 86 valence electrons. The molecule has 8 heteroatoms. The zero-order valence-corrected chi connectivity index (χ0v) is 8.62. The monoisotopic (exact) mass is 229 g/mol. The summed E-state index contributed by atoms with van der Waals surface area (Å²) in [6.07, 6.45) is 0. The Morgan fingerprint density at radius 3 is 2.07 bits per heavy atom. The first kappa shape index (κ1) is 13.8. The van der Waals surface area contributed by atoms with Crippen LogP contribution >= 0.6 is 0 Å². The van der Waals surface area contributed by atoms with E-state index in [0.29, 0.717) is 0 Å². The van der Waals surface area contributed by atoms with Crippen molar-refractivity contribution in [3.05, 3.63) is 0 Å². The second kappa shape index (κ2) is 5.59. The van der Waals surface area contributed by atoms with E-state index < -0.39 is 34.9 Å². The average Bonchev–Trinajstić information content (AvgIpc) is 2.13. The number of hydrogen-bond donors (Lipinski definition) is 4. The van der Waals surface area contributed by atoms with Crippen LogP contribution in [0.3, 0.4) is 0 Å². The maximum atomic E-state index is 11.4. The molecule has 0 aromatic heterocycles. The molecule has 0 radical (unpaired) electrons. The molecule has 0 aromatic rings. The topological polar surface area (TPSA) is 116 Å². The van der Waals surface area contributed by atoms with E-state index in [-0.39, 0.29) is 6.54 Å². The maximum Gasteiger partial charge on any atom is 0.281 e. The molecule has 0 bridgehead atoms. The largest absolute Gasteiger partial charge is 0.394 e. The Hall–Kier alpha value is -0.250. The molecule has 0 aliphatic rings. The summed E-state index contributed by atoms with van der Waals surface area (Å²) in [4.78, 5) is 0. The number of rotatable bonds is 7. The van der Waals surface area contributed by atoms with E-state index in [1.807, 2.05) is 0 Å². The fourth-order valence-corrected chi connectivity index (χ4v) is 1.95. The first-order valence-electron chi connectivity index (χ1n) is 3.86. The van der Waals surface area contributed by atoms with Crippen LogP contribution in [-0.2, 0) is 14.3 Å². The first-order chi connectivity index (χ1) is 6.49. The van der Waals surface area contributed by atoms with E-state index in [9.17, 15) is 8.42 Å². The lowest BCUT2D eigenvalue weighted by Crippen LogP contribution is -2.53. The summed E-state index contributed by atoms with van der Waals surface area (Å²) in [6.45, 7) is -2.80. The van der Waals surface area contributed by atoms with Crippen LogP contribution in [0.4, 0.5) is 0 Å². The van der Waals surface area contributed by atoms with Gasteiger partial charge in [-0.05, 0) is 7.05 Å². The molecule has 0 spiro atoms. The van der Waals surface area contributed by atoms with Crippen LogP contribution in [0.2, 0.25) is 0 Å². The van der Waals surface area contributed by atoms with Crippen LogP contribution in [0.15, 0.2) is 0 Å². The molecule has 0 atom stereocenters. The van der Waals surface area contributed by atoms with Crippen molar-refractivity contribution < 1.29 is 27.9 Å². The van der Waals surface area contributed by atoms with Crippen molar-refractivity contribution in [3.63, 3.8) is 0 Å². The lowest BCUT2D eigenvalue weighted by Gasteiger charge is -2.27. The van der Waals surface area contributed by atoms with Crippen molar-refractivity contribution in [3.8, 4) is 0 Å². The Labute approximate surface area is 82.4 Å². The van der Waals surface area contributed by atoms with Crippen molar-refractivity contribution in [2.75, 3.05) is 33.6 Å². The van der Waals surface area contributed by atoms with E-state index >= 15 is 0 Å². The van der Waals surface area contributed by atoms with Crippen LogP contribution in [0.25, 0.3) is 0 Å². The van der Waals surface area contributed by atoms with Crippen LogP contribution < -0.4 is 5.32 Å². The third-order valence-corrected chi connectivity index (χ3v) is 3.69. The van der Waals surface area contributed by atoms with Crippen LogP contribution in [0.5, 0.6) is 0 Å². The van der Waals surface area contributed by atoms with Crippen molar-refractivity contribution in [1.82, 2.24) is 5.32 Å². The van der Waals surface area contributed by atoms with Gasteiger partial charge in [-0.25, -0.2) is 4.18 Å². The highest BCUT2D eigenvalue weighted by atomic mass is 32.2. The molecule has 0 aliphatic carbocycles. The van der Waals surface area contributed by atoms with Gasteiger partial charge in [-0.2, -0.15) is 8.42 Å². The van der Waals surface area contributed by atoms with Gasteiger partial charge in [0.05, 0.1) is 13.2 Å². The van der Waals surface area contributed by atoms with Gasteiger partial charge in [0.25, 0.3) is 10.1 Å². The molecular formula is C6H15NO6S. The molecule has 4 N–H and O–H groups in total. The van der Waals surface area contributed by atoms with E-state index in [0.717, 1.165) is 0 Å². The molecule has 0 unspecified atom stereocenters. The van der Waals surface area contributed by atoms with Gasteiger partial charge in [-0.15, -0.1) is 0 Å². The minimum atomic E-state index is -4.21. The lowest BCUT2D eigenvalue weighted by molar-refractivity contribution is 0.0883. The van der Waals surface area contributed by atoms with E-state index in [4.69, 9.17) is 15.3 Å². The fraction of sp³-hybridized carbons (Fsp3) is 1.00. The Kier molecular flexibility index (Phi) is 5.49. The zero-order valence-electron chi connectivity index (χ0n) is 7.80. The zero-order chi connectivity index (χ0) is 11.2. The van der Waals surface area contributed by atoms with Gasteiger partial charge < -0.3 is 20.6 Å². The molecule has 0 fully saturated rings. The van der Waals surface area contributed by atoms with Gasteiger partial charge >= 0.3 is 0 Å². The SMILES string of the molecule is CNCC(CO)(CO)S(=O)(=O)OCO. The van der Waals surface area contributed by atoms with Crippen LogP contribution in [0, 0.1) is 0 Å². The van der Waals surface area contributed by atoms with Crippen LogP contribution in [-0.4, -0.2) is 62.1 Å². The number of hydrogen-bond acceptors (Lipinski definition) is 7. The van der Waals surface area contributed by atoms with Crippen molar-refractivity contribution >= 4 is 10.1 Å². The molecule has 7 nitrogen and oxygen atoms in total. The van der Waals surface area contributed by atoms with E-state index in [2.05, 4.69) is 9.50 Å². The minimum Gasteiger partial charge on any atom is -0.394 e. The van der Waals surface area contributed by atoms with Crippen molar-refractivity contribution in [1.29, 1.82) is 0 Å². The number of nitrogens with one attached hydrogen (secondary N) is 1. The van der Waals surface area contributed by atoms with Gasteiger partial charge in [-0.3, -0.25) is 0 Å². The second-order valence-electron chi connectivity index (χ2n) is 2.73. The standard InChI is InChI=1S/C6H15NO6S/c1-7-2-6(3-8,4-9)14(11,12)13-5-10/h7-10H,2-5H2,1H3. The van der Waals surface area contributed by atoms with Gasteiger partial charge in [0.2, 0.25) is 0 Å². The summed E-state index contributed by atoms with van der Waals surface area (Å²) in [5, 5.41) is 28.7. The maximum absolute atomic E-state index is 11.4. The highest BCUT2D eigenvalue weighted by Crippen LogP contribution is 2.17. The Bertz CT molecular complexity index is 247. The molecule has 0 aliphatic heterocycles. The molecule has 0 heterocycles. The number of aliphatic hydroxyl groups excluding tert-OH is 3. The molecule has 0 saturated carbocycles. The first-order valence-corrected chi connectivity index (χ1v) is 5.26. The quantitative estimate of drug-likeness (QED) is 0.276. The summed E-state index contributed by atoms with van der Waals surface area (Å²) >= 11 is 0. The molecule has 0 aromatic carbocycles. The third-order valence-electron chi connectivity index (χ3n) is 1.81. The van der Waals surface area contributed by atoms with Gasteiger partial charge in [0, 0.05) is 6.54 Å². The summed E-state index contributed by atoms with van der Waals surface area (Å²) in [7, 11) is -2.74. The fourth-order valence-electron chi connectivity index (χ4n) is 0.925. The van der Waals surface area contributed by atoms with Gasteiger partial charge in [0.1, 0.15) is 0 Å². The normalized spacial score (nSPS) is 13.1. The predicted molar refractivity (Wildman–Crippen MR) is 47.9 cm³/mol. The van der Waals surface area contributed by atoms with E-state index in [1.165, 1.54) is 7.05 Å². The summed E-state index contributed by atoms with van der Waals surface area (Å²) < 4.78 is 25.0. The summed E-state index contributed by atoms with van der Waals surface area (Å²) in [5.74, 6) is 0. The van der Waals surface area contributed by atoms with Crippen molar-refractivity contribution in [2.45, 2.75) is 4.75 Å². The third kappa shape index (κ3) is 2.62. The smallest absolute Gasteiger partial charge is 0.281 e. The highest BCUT2D eigenvalue weighted by Gasteiger charge is 2.43. The average molecular weight is 229 g/mol. The molecular weight excluding hydrogens is 214 g/mol. The Morgan fingerprint density at radius 1 is 1.29 bits per heavy atom. The Balaban J connectivity index is 4.96. The molecule has 0 saturated heterocycles. The lowest BCUT2D eigenvalue weighted by atomic mass is 10.1. The summed E-state index contributed by atoms with van der Waals surface area (Å²) in [5.41, 5.74) is 0. The predicted octanol–water partition coefficient (Wildman–Crippen LogP) is -2.77. The van der Waals surface area contributed by atoms with Gasteiger partial charge in [0.15, 0.2) is 11.5 Å². The van der Waals surface area contributed by atoms with Gasteiger partial charge in [-0.1, -0.05) is 0 Å². The van der Waals surface area contributed by atoms with Crippen LogP contribution in [0.1, 0.15) is 0 Å².